The monoisotopic (exact) mass is 606 g/mol. The Balaban J connectivity index is 1.38. The zero-order valence-electron chi connectivity index (χ0n) is 22.8. The molecule has 0 saturated carbocycles. The van der Waals surface area contributed by atoms with Gasteiger partial charge in [0, 0.05) is 37.8 Å². The molecule has 2 saturated heterocycles. The molecule has 0 amide bonds. The molecule has 2 aliphatic rings. The van der Waals surface area contributed by atoms with E-state index in [-0.39, 0.29) is 49.8 Å². The van der Waals surface area contributed by atoms with E-state index in [0.717, 1.165) is 4.57 Å². The van der Waals surface area contributed by atoms with Crippen molar-refractivity contribution in [1.29, 1.82) is 0 Å². The first kappa shape index (κ1) is 30.6. The molecule has 5 heterocycles. The highest BCUT2D eigenvalue weighted by atomic mass is 16.6. The number of rotatable bonds is 11. The minimum atomic E-state index is -1.39. The SMILES string of the molecule is Nc1nc(=O)n([C@H]2C[C@H](O)[C@@H](CO)O2)cc1CN(CCC(N)C(=O)O)C[C@H]1O[C@@H](n2cnc3c(N)ncnc32)[C@H](O)[C@@H]1O. The van der Waals surface area contributed by atoms with E-state index in [2.05, 4.69) is 19.9 Å². The van der Waals surface area contributed by atoms with Crippen molar-refractivity contribution in [2.45, 2.75) is 68.4 Å². The number of hydrogen-bond donors (Lipinski definition) is 8. The molecule has 43 heavy (non-hydrogen) atoms. The van der Waals surface area contributed by atoms with E-state index >= 15 is 0 Å². The number of aliphatic hydroxyl groups excluding tert-OH is 4. The van der Waals surface area contributed by atoms with Crippen LogP contribution in [-0.4, -0.2) is 122 Å². The van der Waals surface area contributed by atoms with Crippen LogP contribution in [0.25, 0.3) is 11.2 Å². The highest BCUT2D eigenvalue weighted by Gasteiger charge is 2.45. The molecule has 0 aromatic carbocycles. The fourth-order valence-corrected chi connectivity index (χ4v) is 5.24. The highest BCUT2D eigenvalue weighted by molar-refractivity contribution is 5.81. The van der Waals surface area contributed by atoms with Gasteiger partial charge < -0.3 is 52.2 Å². The minimum absolute atomic E-state index is 0.00919. The lowest BCUT2D eigenvalue weighted by molar-refractivity contribution is -0.138. The molecule has 0 spiro atoms. The molecular weight excluding hydrogens is 572 g/mol. The van der Waals surface area contributed by atoms with Crippen molar-refractivity contribution in [1.82, 2.24) is 34.0 Å². The molecule has 5 rings (SSSR count). The van der Waals surface area contributed by atoms with Gasteiger partial charge in [0.15, 0.2) is 17.7 Å². The Kier molecular flexibility index (Phi) is 8.85. The number of hydrogen-bond acceptors (Lipinski definition) is 16. The number of carboxylic acid groups (broad SMARTS) is 1. The summed E-state index contributed by atoms with van der Waals surface area (Å²) in [5.74, 6) is -1.17. The Bertz CT molecular complexity index is 1520. The number of aromatic nitrogens is 6. The molecule has 8 atom stereocenters. The van der Waals surface area contributed by atoms with Crippen molar-refractivity contribution in [3.05, 3.63) is 34.9 Å². The Morgan fingerprint density at radius 1 is 1.09 bits per heavy atom. The van der Waals surface area contributed by atoms with E-state index in [4.69, 9.17) is 26.7 Å². The molecule has 0 aliphatic carbocycles. The number of aliphatic hydroxyl groups is 4. The van der Waals surface area contributed by atoms with Crippen LogP contribution in [0.5, 0.6) is 0 Å². The number of anilines is 2. The zero-order valence-corrected chi connectivity index (χ0v) is 22.8. The van der Waals surface area contributed by atoms with Gasteiger partial charge in [-0.1, -0.05) is 0 Å². The fourth-order valence-electron chi connectivity index (χ4n) is 5.24. The van der Waals surface area contributed by atoms with Gasteiger partial charge >= 0.3 is 11.7 Å². The van der Waals surface area contributed by atoms with E-state index in [1.54, 1.807) is 4.90 Å². The van der Waals surface area contributed by atoms with E-state index in [1.807, 2.05) is 0 Å². The van der Waals surface area contributed by atoms with Crippen molar-refractivity contribution in [3.8, 4) is 0 Å². The van der Waals surface area contributed by atoms with Crippen molar-refractivity contribution in [2.24, 2.45) is 5.73 Å². The van der Waals surface area contributed by atoms with Crippen molar-refractivity contribution < 1.29 is 39.8 Å². The summed E-state index contributed by atoms with van der Waals surface area (Å²) in [5, 5.41) is 50.7. The Morgan fingerprint density at radius 2 is 1.86 bits per heavy atom. The molecule has 0 radical (unpaired) electrons. The first-order valence-electron chi connectivity index (χ1n) is 13.5. The number of carboxylic acids is 1. The van der Waals surface area contributed by atoms with Gasteiger partial charge in [-0.05, 0) is 6.42 Å². The molecule has 2 aliphatic heterocycles. The zero-order chi connectivity index (χ0) is 31.0. The quantitative estimate of drug-likeness (QED) is 0.103. The molecule has 2 fully saturated rings. The summed E-state index contributed by atoms with van der Waals surface area (Å²) in [7, 11) is 0. The van der Waals surface area contributed by atoms with Crippen molar-refractivity contribution in [2.75, 3.05) is 31.2 Å². The number of aliphatic carboxylic acids is 1. The molecule has 1 unspecified atom stereocenters. The van der Waals surface area contributed by atoms with Crippen molar-refractivity contribution >= 4 is 28.8 Å². The number of ether oxygens (including phenoxy) is 2. The average molecular weight is 607 g/mol. The van der Waals surface area contributed by atoms with Crippen LogP contribution in [0.2, 0.25) is 0 Å². The Morgan fingerprint density at radius 3 is 2.56 bits per heavy atom. The van der Waals surface area contributed by atoms with Gasteiger partial charge in [0.05, 0.1) is 19.0 Å². The van der Waals surface area contributed by atoms with Crippen LogP contribution in [0.4, 0.5) is 11.6 Å². The summed E-state index contributed by atoms with van der Waals surface area (Å²) in [6.45, 7) is -0.350. The topological polar surface area (TPSA) is 296 Å². The second-order valence-corrected chi connectivity index (χ2v) is 10.6. The second kappa shape index (κ2) is 12.4. The van der Waals surface area contributed by atoms with Gasteiger partial charge in [-0.3, -0.25) is 18.8 Å². The predicted octanol–water partition coefficient (Wildman–Crippen LogP) is -3.89. The van der Waals surface area contributed by atoms with E-state index in [1.165, 1.54) is 23.4 Å². The van der Waals surface area contributed by atoms with Gasteiger partial charge in [-0.2, -0.15) is 4.98 Å². The summed E-state index contributed by atoms with van der Waals surface area (Å²) in [6.07, 6.45) is -3.53. The summed E-state index contributed by atoms with van der Waals surface area (Å²) in [4.78, 5) is 41.8. The maximum absolute atomic E-state index is 12.6. The summed E-state index contributed by atoms with van der Waals surface area (Å²) in [6, 6.07) is -1.19. The first-order chi connectivity index (χ1) is 20.5. The van der Waals surface area contributed by atoms with Gasteiger partial charge in [0.25, 0.3) is 0 Å². The lowest BCUT2D eigenvalue weighted by atomic mass is 10.1. The lowest BCUT2D eigenvalue weighted by Gasteiger charge is -2.28. The third-order valence-electron chi connectivity index (χ3n) is 7.66. The lowest BCUT2D eigenvalue weighted by Crippen LogP contribution is -2.42. The number of fused-ring (bicyclic) bond motifs is 1. The molecular formula is C24H34N10O9. The average Bonchev–Trinajstić information content (AvgIpc) is 3.64. The van der Waals surface area contributed by atoms with Crippen LogP contribution in [0.1, 0.15) is 30.9 Å². The van der Waals surface area contributed by atoms with Gasteiger partial charge in [0.1, 0.15) is 54.3 Å². The fraction of sp³-hybridized carbons (Fsp3) is 0.583. The summed E-state index contributed by atoms with van der Waals surface area (Å²) >= 11 is 0. The van der Waals surface area contributed by atoms with E-state index < -0.39 is 67.3 Å². The summed E-state index contributed by atoms with van der Waals surface area (Å²) < 4.78 is 14.2. The number of nitrogen functional groups attached to an aromatic ring is 2. The van der Waals surface area contributed by atoms with Gasteiger partial charge in [0.2, 0.25) is 0 Å². The molecule has 234 valence electrons. The number of nitrogens with two attached hydrogens (primary N) is 3. The van der Waals surface area contributed by atoms with Gasteiger partial charge in [-0.25, -0.2) is 19.7 Å². The standard InChI is InChI=1S/C24H34N10O9/c25-11(23(39)40)1-2-32(4-10-5-33(24(41)31-19(10)26)15-3-12(36)14(7-35)42-15)6-13-17(37)18(38)22(43-13)34-9-30-16-20(27)28-8-29-21(16)34/h5,8-9,11-15,17-18,22,35-38H,1-4,6-7,25H2,(H,39,40)(H2,26,31,41)(H2,27,28,29)/t11?,12-,13+,14+,15+,17+,18+,22+/m0/s1. The van der Waals surface area contributed by atoms with E-state index in [9.17, 15) is 35.1 Å². The molecule has 11 N–H and O–H groups in total. The van der Waals surface area contributed by atoms with Crippen LogP contribution in [0, 0.1) is 0 Å². The smallest absolute Gasteiger partial charge is 0.351 e. The molecule has 19 nitrogen and oxygen atoms in total. The van der Waals surface area contributed by atoms with Crippen LogP contribution in [-0.2, 0) is 20.8 Å². The largest absolute Gasteiger partial charge is 0.480 e. The van der Waals surface area contributed by atoms with Gasteiger partial charge in [-0.15, -0.1) is 0 Å². The third-order valence-corrected chi connectivity index (χ3v) is 7.66. The predicted molar refractivity (Wildman–Crippen MR) is 146 cm³/mol. The highest BCUT2D eigenvalue weighted by Crippen LogP contribution is 2.33. The van der Waals surface area contributed by atoms with E-state index in [0.29, 0.717) is 11.1 Å². The molecule has 0 bridgehead atoms. The normalized spacial score (nSPS) is 28.2. The first-order valence-corrected chi connectivity index (χ1v) is 13.5. The van der Waals surface area contributed by atoms with Crippen LogP contribution < -0.4 is 22.9 Å². The molecule has 19 heteroatoms. The third kappa shape index (κ3) is 6.15. The maximum atomic E-state index is 12.6. The summed E-state index contributed by atoms with van der Waals surface area (Å²) in [5.41, 5.74) is 17.9. The van der Waals surface area contributed by atoms with Crippen LogP contribution in [0.15, 0.2) is 23.6 Å². The molecule has 3 aromatic heterocycles. The van der Waals surface area contributed by atoms with Crippen molar-refractivity contribution in [3.63, 3.8) is 0 Å². The second-order valence-electron chi connectivity index (χ2n) is 10.6. The molecule has 3 aromatic rings. The van der Waals surface area contributed by atoms with Crippen LogP contribution >= 0.6 is 0 Å². The Labute approximate surface area is 243 Å². The number of carbonyl (C=O) groups is 1. The number of imidazole rings is 1. The number of nitrogens with zero attached hydrogens (tertiary/aromatic N) is 7. The maximum Gasteiger partial charge on any atom is 0.351 e. The van der Waals surface area contributed by atoms with Crippen LogP contribution in [0.3, 0.4) is 0 Å². The Hall–Kier alpha value is -3.82. The minimum Gasteiger partial charge on any atom is -0.480 e.